The van der Waals surface area contributed by atoms with Crippen molar-refractivity contribution in [2.45, 2.75) is 40.5 Å². The SMILES string of the molecule is Cc1ccc(C2=C(N3CCCC(C)C3)C(=O)N(c3ccccc3C)C2=O)cc1C. The number of carbonyl (C=O) groups is 2. The maximum Gasteiger partial charge on any atom is 0.282 e. The molecule has 0 aliphatic carbocycles. The van der Waals surface area contributed by atoms with Crippen molar-refractivity contribution < 1.29 is 9.59 Å². The van der Waals surface area contributed by atoms with Crippen LogP contribution in [0.4, 0.5) is 5.69 Å². The van der Waals surface area contributed by atoms with Crippen molar-refractivity contribution >= 4 is 23.1 Å². The molecule has 0 saturated carbocycles. The van der Waals surface area contributed by atoms with Gasteiger partial charge < -0.3 is 4.90 Å². The molecule has 4 rings (SSSR count). The number of amides is 2. The lowest BCUT2D eigenvalue weighted by atomic mass is 9.96. The van der Waals surface area contributed by atoms with Gasteiger partial charge in [-0.3, -0.25) is 9.59 Å². The fraction of sp³-hybridized carbons (Fsp3) is 0.360. The Hall–Kier alpha value is -2.88. The number of anilines is 1. The Balaban J connectivity index is 1.87. The zero-order valence-corrected chi connectivity index (χ0v) is 17.7. The van der Waals surface area contributed by atoms with E-state index in [1.54, 1.807) is 0 Å². The van der Waals surface area contributed by atoms with Crippen LogP contribution in [0.1, 0.15) is 42.0 Å². The summed E-state index contributed by atoms with van der Waals surface area (Å²) in [5, 5.41) is 0. The quantitative estimate of drug-likeness (QED) is 0.720. The van der Waals surface area contributed by atoms with Crippen molar-refractivity contribution in [3.63, 3.8) is 0 Å². The third-order valence-corrected chi connectivity index (χ3v) is 6.18. The third-order valence-electron chi connectivity index (χ3n) is 6.18. The summed E-state index contributed by atoms with van der Waals surface area (Å²) in [6, 6.07) is 13.6. The lowest BCUT2D eigenvalue weighted by molar-refractivity contribution is -0.120. The van der Waals surface area contributed by atoms with E-state index in [1.165, 1.54) is 10.5 Å². The van der Waals surface area contributed by atoms with Gasteiger partial charge in [-0.2, -0.15) is 0 Å². The van der Waals surface area contributed by atoms with Gasteiger partial charge in [0.25, 0.3) is 11.8 Å². The van der Waals surface area contributed by atoms with E-state index in [2.05, 4.69) is 18.7 Å². The van der Waals surface area contributed by atoms with Gasteiger partial charge in [0.15, 0.2) is 0 Å². The molecule has 1 atom stereocenters. The zero-order valence-electron chi connectivity index (χ0n) is 17.7. The van der Waals surface area contributed by atoms with Crippen LogP contribution >= 0.6 is 0 Å². The fourth-order valence-corrected chi connectivity index (χ4v) is 4.39. The van der Waals surface area contributed by atoms with Gasteiger partial charge in [-0.1, -0.05) is 43.3 Å². The van der Waals surface area contributed by atoms with Crippen molar-refractivity contribution in [2.75, 3.05) is 18.0 Å². The average Bonchev–Trinajstić information content (AvgIpc) is 2.95. The van der Waals surface area contributed by atoms with Crippen LogP contribution in [0.3, 0.4) is 0 Å². The smallest absolute Gasteiger partial charge is 0.282 e. The molecule has 4 heteroatoms. The standard InChI is InChI=1S/C25H28N2O2/c1-16-8-7-13-26(15-16)23-22(20-12-11-17(2)19(4)14-20)24(28)27(25(23)29)21-10-6-5-9-18(21)3/h5-6,9-12,14,16H,7-8,13,15H2,1-4H3. The van der Waals surface area contributed by atoms with Crippen molar-refractivity contribution in [1.82, 2.24) is 4.90 Å². The molecule has 4 nitrogen and oxygen atoms in total. The molecule has 2 heterocycles. The molecule has 2 amide bonds. The van der Waals surface area contributed by atoms with E-state index in [4.69, 9.17) is 0 Å². The third kappa shape index (κ3) is 3.37. The van der Waals surface area contributed by atoms with Gasteiger partial charge in [0, 0.05) is 13.1 Å². The van der Waals surface area contributed by atoms with E-state index in [-0.39, 0.29) is 11.8 Å². The normalized spacial score (nSPS) is 20.1. The van der Waals surface area contributed by atoms with Crippen LogP contribution < -0.4 is 4.90 Å². The molecular weight excluding hydrogens is 360 g/mol. The summed E-state index contributed by atoms with van der Waals surface area (Å²) in [4.78, 5) is 30.7. The largest absolute Gasteiger partial charge is 0.366 e. The Kier molecular flexibility index (Phi) is 5.03. The van der Waals surface area contributed by atoms with E-state index >= 15 is 0 Å². The molecule has 0 spiro atoms. The first-order valence-electron chi connectivity index (χ1n) is 10.4. The van der Waals surface area contributed by atoms with Crippen molar-refractivity contribution in [3.8, 4) is 0 Å². The summed E-state index contributed by atoms with van der Waals surface area (Å²) in [5.74, 6) is 0.0834. The number of benzene rings is 2. The Morgan fingerprint density at radius 3 is 2.34 bits per heavy atom. The highest BCUT2D eigenvalue weighted by Gasteiger charge is 2.43. The summed E-state index contributed by atoms with van der Waals surface area (Å²) in [6.45, 7) is 9.87. The van der Waals surface area contributed by atoms with Crippen molar-refractivity contribution in [2.24, 2.45) is 5.92 Å². The molecule has 0 bridgehead atoms. The summed E-state index contributed by atoms with van der Waals surface area (Å²) >= 11 is 0. The molecule has 2 aliphatic rings. The van der Waals surface area contributed by atoms with Gasteiger partial charge in [-0.05, 0) is 67.9 Å². The number of nitrogens with zero attached hydrogens (tertiary/aromatic N) is 2. The van der Waals surface area contributed by atoms with E-state index in [1.807, 2.05) is 56.3 Å². The van der Waals surface area contributed by atoms with Crippen LogP contribution in [-0.2, 0) is 9.59 Å². The number of piperidine rings is 1. The highest BCUT2D eigenvalue weighted by atomic mass is 16.2. The maximum absolute atomic E-state index is 13.6. The first kappa shape index (κ1) is 19.4. The monoisotopic (exact) mass is 388 g/mol. The molecule has 1 unspecified atom stereocenters. The van der Waals surface area contributed by atoms with Gasteiger partial charge in [0.2, 0.25) is 0 Å². The van der Waals surface area contributed by atoms with Crippen molar-refractivity contribution in [1.29, 1.82) is 0 Å². The van der Waals surface area contributed by atoms with E-state index < -0.39 is 0 Å². The highest BCUT2D eigenvalue weighted by molar-refractivity contribution is 6.45. The molecule has 150 valence electrons. The number of para-hydroxylation sites is 1. The minimum atomic E-state index is -0.222. The summed E-state index contributed by atoms with van der Waals surface area (Å²) in [6.07, 6.45) is 2.20. The second-order valence-electron chi connectivity index (χ2n) is 8.45. The van der Waals surface area contributed by atoms with Gasteiger partial charge in [-0.25, -0.2) is 4.90 Å². The van der Waals surface area contributed by atoms with Crippen LogP contribution in [0, 0.1) is 26.7 Å². The lowest BCUT2D eigenvalue weighted by Crippen LogP contribution is -2.39. The van der Waals surface area contributed by atoms with Crippen LogP contribution in [-0.4, -0.2) is 29.8 Å². The second-order valence-corrected chi connectivity index (χ2v) is 8.45. The lowest BCUT2D eigenvalue weighted by Gasteiger charge is -2.33. The maximum atomic E-state index is 13.6. The van der Waals surface area contributed by atoms with Crippen LogP contribution in [0.15, 0.2) is 48.2 Å². The number of rotatable bonds is 3. The second kappa shape index (κ2) is 7.51. The highest BCUT2D eigenvalue weighted by Crippen LogP contribution is 2.37. The number of aryl methyl sites for hydroxylation is 3. The molecule has 0 N–H and O–H groups in total. The molecule has 1 fully saturated rings. The number of hydrogen-bond acceptors (Lipinski definition) is 3. The number of imide groups is 1. The van der Waals surface area contributed by atoms with Crippen molar-refractivity contribution in [3.05, 3.63) is 70.4 Å². The predicted octanol–water partition coefficient (Wildman–Crippen LogP) is 4.63. The van der Waals surface area contributed by atoms with Crippen LogP contribution in [0.25, 0.3) is 5.57 Å². The van der Waals surface area contributed by atoms with Gasteiger partial charge in [0.05, 0.1) is 11.3 Å². The summed E-state index contributed by atoms with van der Waals surface area (Å²) < 4.78 is 0. The molecule has 29 heavy (non-hydrogen) atoms. The topological polar surface area (TPSA) is 40.6 Å². The average molecular weight is 389 g/mol. The minimum absolute atomic E-state index is 0.202. The first-order valence-corrected chi connectivity index (χ1v) is 10.4. The summed E-state index contributed by atoms with van der Waals surface area (Å²) in [5.41, 5.74) is 5.82. The molecule has 2 aromatic carbocycles. The van der Waals surface area contributed by atoms with Gasteiger partial charge >= 0.3 is 0 Å². The van der Waals surface area contributed by atoms with Gasteiger partial charge in [0.1, 0.15) is 5.70 Å². The van der Waals surface area contributed by atoms with E-state index in [9.17, 15) is 9.59 Å². The molecule has 2 aromatic rings. The number of hydrogen-bond donors (Lipinski definition) is 0. The fourth-order valence-electron chi connectivity index (χ4n) is 4.39. The van der Waals surface area contributed by atoms with Crippen LogP contribution in [0.5, 0.6) is 0 Å². The van der Waals surface area contributed by atoms with E-state index in [0.717, 1.165) is 42.6 Å². The van der Waals surface area contributed by atoms with E-state index in [0.29, 0.717) is 22.9 Å². The van der Waals surface area contributed by atoms with Gasteiger partial charge in [-0.15, -0.1) is 0 Å². The first-order chi connectivity index (χ1) is 13.9. The zero-order chi connectivity index (χ0) is 20.7. The Labute approximate surface area is 172 Å². The number of carbonyl (C=O) groups excluding carboxylic acids is 2. The Morgan fingerprint density at radius 2 is 1.66 bits per heavy atom. The minimum Gasteiger partial charge on any atom is -0.366 e. The molecule has 1 saturated heterocycles. The summed E-state index contributed by atoms with van der Waals surface area (Å²) in [7, 11) is 0. The molecule has 2 aliphatic heterocycles. The predicted molar refractivity (Wildman–Crippen MR) is 116 cm³/mol. The Morgan fingerprint density at radius 1 is 0.897 bits per heavy atom. The number of likely N-dealkylation sites (tertiary alicyclic amines) is 1. The Bertz CT molecular complexity index is 1020. The van der Waals surface area contributed by atoms with Crippen LogP contribution in [0.2, 0.25) is 0 Å². The molecule has 0 radical (unpaired) electrons. The molecule has 0 aromatic heterocycles. The molecular formula is C25H28N2O2.